The highest BCUT2D eigenvalue weighted by atomic mass is 19.1. The Morgan fingerprint density at radius 2 is 2.12 bits per heavy atom. The van der Waals surface area contributed by atoms with Crippen LogP contribution >= 0.6 is 0 Å². The van der Waals surface area contributed by atoms with Crippen LogP contribution in [0.3, 0.4) is 0 Å². The van der Waals surface area contributed by atoms with Crippen LogP contribution in [-0.4, -0.2) is 41.2 Å². The van der Waals surface area contributed by atoms with Gasteiger partial charge in [0, 0.05) is 54.5 Å². The summed E-state index contributed by atoms with van der Waals surface area (Å²) in [5.74, 6) is -0.386. The topological polar surface area (TPSA) is 116 Å². The van der Waals surface area contributed by atoms with Gasteiger partial charge in [0.15, 0.2) is 0 Å². The number of carbonyl (C=O) groups excluding carboxylic acids is 1. The number of hydrogen-bond donors (Lipinski definition) is 2. The second kappa shape index (κ2) is 10.9. The maximum Gasteiger partial charge on any atom is 0.251 e. The van der Waals surface area contributed by atoms with Crippen LogP contribution in [0.5, 0.6) is 0 Å². The molecule has 2 N–H and O–H groups in total. The summed E-state index contributed by atoms with van der Waals surface area (Å²) >= 11 is 0. The maximum atomic E-state index is 14.6. The number of aliphatic imine (C=N–C) groups is 1. The van der Waals surface area contributed by atoms with Crippen LogP contribution in [0.25, 0.3) is 16.5 Å². The highest BCUT2D eigenvalue weighted by molar-refractivity contribution is 6.06. The largest absolute Gasteiger partial charge is 0.369 e. The minimum Gasteiger partial charge on any atom is -0.369 e. The van der Waals surface area contributed by atoms with E-state index in [0.29, 0.717) is 34.7 Å². The molecule has 1 aromatic carbocycles. The van der Waals surface area contributed by atoms with Crippen molar-refractivity contribution in [1.82, 2.24) is 20.3 Å². The first-order chi connectivity index (χ1) is 16.4. The molecule has 0 aliphatic rings. The number of halogens is 1. The van der Waals surface area contributed by atoms with E-state index in [1.54, 1.807) is 25.1 Å². The Bertz CT molecular complexity index is 1340. The third-order valence-electron chi connectivity index (χ3n) is 5.21. The first-order valence-corrected chi connectivity index (χ1v) is 10.5. The van der Waals surface area contributed by atoms with Crippen LogP contribution < -0.4 is 10.6 Å². The number of nitrogens with zero attached hydrogens (tertiary/aromatic N) is 5. The van der Waals surface area contributed by atoms with Crippen molar-refractivity contribution in [3.8, 4) is 6.07 Å². The number of aromatic nitrogens is 3. The molecular formula is C25H24FN7O. The summed E-state index contributed by atoms with van der Waals surface area (Å²) < 4.78 is 14.6. The second-order valence-electron chi connectivity index (χ2n) is 7.57. The lowest BCUT2D eigenvalue weighted by Crippen LogP contribution is -2.19. The molecule has 3 aromatic rings. The fraction of sp³-hybridized carbons (Fsp3) is 0.200. The average Bonchev–Trinajstić information content (AvgIpc) is 2.86. The number of benzene rings is 1. The molecule has 0 bridgehead atoms. The van der Waals surface area contributed by atoms with Crippen LogP contribution in [0.2, 0.25) is 0 Å². The predicted octanol–water partition coefficient (Wildman–Crippen LogP) is 4.25. The van der Waals surface area contributed by atoms with Crippen LogP contribution in [0.1, 0.15) is 41.4 Å². The number of amides is 1. The van der Waals surface area contributed by atoms with E-state index in [2.05, 4.69) is 43.4 Å². The van der Waals surface area contributed by atoms with Crippen LogP contribution in [0.4, 0.5) is 10.2 Å². The van der Waals surface area contributed by atoms with E-state index in [1.165, 1.54) is 37.9 Å². The Labute approximate surface area is 197 Å². The Balaban J connectivity index is 1.88. The molecule has 0 aliphatic heterocycles. The van der Waals surface area contributed by atoms with Gasteiger partial charge in [-0.05, 0) is 37.4 Å². The lowest BCUT2D eigenvalue weighted by Gasteiger charge is -2.17. The Morgan fingerprint density at radius 1 is 1.32 bits per heavy atom. The molecule has 172 valence electrons. The molecule has 0 aliphatic carbocycles. The first kappa shape index (κ1) is 24.2. The van der Waals surface area contributed by atoms with Crippen LogP contribution in [-0.2, 0) is 0 Å². The number of rotatable bonds is 8. The quantitative estimate of drug-likeness (QED) is 0.297. The van der Waals surface area contributed by atoms with Crippen molar-refractivity contribution in [3.63, 3.8) is 0 Å². The molecule has 0 fully saturated rings. The van der Waals surface area contributed by atoms with Gasteiger partial charge in [-0.15, -0.1) is 0 Å². The van der Waals surface area contributed by atoms with E-state index in [0.717, 1.165) is 5.56 Å². The van der Waals surface area contributed by atoms with E-state index >= 15 is 0 Å². The summed E-state index contributed by atoms with van der Waals surface area (Å²) in [6, 6.07) is 8.36. The molecule has 0 unspecified atom stereocenters. The first-order valence-electron chi connectivity index (χ1n) is 10.5. The maximum absolute atomic E-state index is 14.6. The Kier molecular flexibility index (Phi) is 7.77. The molecular weight excluding hydrogens is 433 g/mol. The predicted molar refractivity (Wildman–Crippen MR) is 131 cm³/mol. The number of nitrogens with one attached hydrogen (secondary N) is 2. The normalized spacial score (nSPS) is 12.7. The van der Waals surface area contributed by atoms with Crippen LogP contribution in [0.15, 0.2) is 59.6 Å². The number of hydrogen-bond acceptors (Lipinski definition) is 7. The summed E-state index contributed by atoms with van der Waals surface area (Å²) in [4.78, 5) is 28.9. The Morgan fingerprint density at radius 3 is 2.82 bits per heavy atom. The van der Waals surface area contributed by atoms with Crippen molar-refractivity contribution in [2.45, 2.75) is 19.8 Å². The van der Waals surface area contributed by atoms with Crippen molar-refractivity contribution >= 4 is 34.9 Å². The zero-order valence-corrected chi connectivity index (χ0v) is 19.1. The number of allylic oxidation sites excluding steroid dienone is 3. The van der Waals surface area contributed by atoms with Crippen molar-refractivity contribution in [2.75, 3.05) is 18.9 Å². The molecule has 34 heavy (non-hydrogen) atoms. The van der Waals surface area contributed by atoms with Crippen molar-refractivity contribution in [1.29, 1.82) is 5.26 Å². The summed E-state index contributed by atoms with van der Waals surface area (Å²) in [6.45, 7) is 7.60. The number of fused-ring (bicyclic) bond motifs is 1. The van der Waals surface area contributed by atoms with Gasteiger partial charge in [0.2, 0.25) is 0 Å². The lowest BCUT2D eigenvalue weighted by atomic mass is 9.95. The van der Waals surface area contributed by atoms with Crippen LogP contribution in [0, 0.1) is 17.1 Å². The van der Waals surface area contributed by atoms with E-state index < -0.39 is 5.82 Å². The lowest BCUT2D eigenvalue weighted by molar-refractivity contribution is 0.0964. The highest BCUT2D eigenvalue weighted by Crippen LogP contribution is 2.29. The monoisotopic (exact) mass is 457 g/mol. The van der Waals surface area contributed by atoms with Gasteiger partial charge in [-0.1, -0.05) is 13.0 Å². The number of nitriles is 1. The minimum absolute atomic E-state index is 0.0838. The van der Waals surface area contributed by atoms with Gasteiger partial charge in [-0.25, -0.2) is 14.4 Å². The third-order valence-corrected chi connectivity index (χ3v) is 5.21. The second-order valence-corrected chi connectivity index (χ2v) is 7.57. The standard InChI is InChI=1S/C25H24FN7O/c1-15(11-27)9-17(13-28-3)21-10-22(33-14-32-21)31-12-16(2)18-5-6-20(26)23-19(25(34)29-4)7-8-30-24(18)23/h5-10,13-14,16H,3,12H2,1-2,4H3,(H,29,34)(H,31,32,33)/b15-9+,17-13+/t16-/m1/s1. The summed E-state index contributed by atoms with van der Waals surface area (Å²) in [7, 11) is 1.50. The molecule has 0 radical (unpaired) electrons. The van der Waals surface area contributed by atoms with Gasteiger partial charge in [0.1, 0.15) is 18.0 Å². The Hall–Kier alpha value is -4.45. The molecule has 9 heteroatoms. The molecule has 0 saturated heterocycles. The van der Waals surface area contributed by atoms with E-state index in [9.17, 15) is 9.18 Å². The number of pyridine rings is 1. The third kappa shape index (κ3) is 5.30. The molecule has 2 heterocycles. The molecule has 1 atom stereocenters. The average molecular weight is 458 g/mol. The zero-order chi connectivity index (χ0) is 24.7. The van der Waals surface area contributed by atoms with Gasteiger partial charge >= 0.3 is 0 Å². The fourth-order valence-electron chi connectivity index (χ4n) is 3.49. The zero-order valence-electron chi connectivity index (χ0n) is 19.1. The number of carbonyl (C=O) groups is 1. The van der Waals surface area contributed by atoms with E-state index in [-0.39, 0.29) is 22.8 Å². The summed E-state index contributed by atoms with van der Waals surface area (Å²) in [5.41, 5.74) is 3.19. The fourth-order valence-corrected chi connectivity index (χ4v) is 3.49. The molecule has 3 rings (SSSR count). The smallest absolute Gasteiger partial charge is 0.251 e. The van der Waals surface area contributed by atoms with Crippen molar-refractivity contribution in [2.24, 2.45) is 4.99 Å². The highest BCUT2D eigenvalue weighted by Gasteiger charge is 2.18. The summed E-state index contributed by atoms with van der Waals surface area (Å²) in [5, 5.41) is 15.1. The van der Waals surface area contributed by atoms with Gasteiger partial charge in [-0.2, -0.15) is 5.26 Å². The molecule has 0 saturated carbocycles. The van der Waals surface area contributed by atoms with Gasteiger partial charge in [-0.3, -0.25) is 14.8 Å². The van der Waals surface area contributed by atoms with Crippen molar-refractivity contribution in [3.05, 3.63) is 77.3 Å². The van der Waals surface area contributed by atoms with Gasteiger partial charge in [0.05, 0.1) is 22.8 Å². The number of anilines is 1. The van der Waals surface area contributed by atoms with E-state index in [4.69, 9.17) is 5.26 Å². The van der Waals surface area contributed by atoms with Gasteiger partial charge < -0.3 is 10.6 Å². The summed E-state index contributed by atoms with van der Waals surface area (Å²) in [6.07, 6.45) is 6.12. The SMILES string of the molecule is C=N/C=C(\C=C(/C)C#N)c1cc(NC[C@@H](C)c2ccc(F)c3c(C(=O)NC)ccnc23)ncn1. The van der Waals surface area contributed by atoms with E-state index in [1.807, 2.05) is 6.92 Å². The molecule has 1 amide bonds. The molecule has 8 nitrogen and oxygen atoms in total. The molecule has 2 aromatic heterocycles. The van der Waals surface area contributed by atoms with Crippen molar-refractivity contribution < 1.29 is 9.18 Å². The molecule has 0 spiro atoms. The van der Waals surface area contributed by atoms with Gasteiger partial charge in [0.25, 0.3) is 5.91 Å². The minimum atomic E-state index is -0.498.